The summed E-state index contributed by atoms with van der Waals surface area (Å²) < 4.78 is 3.29. The van der Waals surface area contributed by atoms with Crippen LogP contribution in [0, 0.1) is 4.91 Å². The molecule has 4 heteroatoms. The lowest BCUT2D eigenvalue weighted by Gasteiger charge is -2.00. The van der Waals surface area contributed by atoms with Gasteiger partial charge in [-0.1, -0.05) is 6.58 Å². The van der Waals surface area contributed by atoms with Crippen LogP contribution in [0.2, 0.25) is 0 Å². The van der Waals surface area contributed by atoms with Gasteiger partial charge in [-0.25, -0.2) is 0 Å². The summed E-state index contributed by atoms with van der Waals surface area (Å²) >= 11 is 0. The molecule has 1 atom stereocenters. The first-order valence-electron chi connectivity index (χ1n) is 5.36. The van der Waals surface area contributed by atoms with Gasteiger partial charge in [0.25, 0.3) is 6.04 Å². The van der Waals surface area contributed by atoms with Gasteiger partial charge >= 0.3 is 0 Å². The van der Waals surface area contributed by atoms with Gasteiger partial charge in [-0.2, -0.15) is 4.57 Å². The van der Waals surface area contributed by atoms with Crippen molar-refractivity contribution >= 4 is 18.5 Å². The molecule has 3 nitrogen and oxygen atoms in total. The first-order chi connectivity index (χ1) is 7.31. The predicted octanol–water partition coefficient (Wildman–Crippen LogP) is 1.98. The smallest absolute Gasteiger partial charge is 0.192 e. The maximum Gasteiger partial charge on any atom is 0.259 e. The standard InChI is InChI=1S/C12H16N2O.ClH/c1-2-11-6-3-4-8-13(11)10-12-7-5-9-14(12)15;/h2-4,6,8,12H,1,5,7,9-10H2;1H/q+2;. The van der Waals surface area contributed by atoms with E-state index in [9.17, 15) is 4.91 Å². The lowest BCUT2D eigenvalue weighted by atomic mass is 10.2. The van der Waals surface area contributed by atoms with Crippen molar-refractivity contribution in [3.05, 3.63) is 41.6 Å². The van der Waals surface area contributed by atoms with Crippen LogP contribution in [-0.4, -0.2) is 17.3 Å². The lowest BCUT2D eigenvalue weighted by molar-refractivity contribution is -0.737. The van der Waals surface area contributed by atoms with Gasteiger partial charge in [-0.05, 0) is 6.07 Å². The third-order valence-corrected chi connectivity index (χ3v) is 2.92. The molecule has 1 unspecified atom stereocenters. The van der Waals surface area contributed by atoms with E-state index in [1.807, 2.05) is 30.5 Å². The minimum Gasteiger partial charge on any atom is -0.192 e. The molecule has 0 saturated carbocycles. The van der Waals surface area contributed by atoms with Gasteiger partial charge in [0, 0.05) is 40.7 Å². The molecule has 86 valence electrons. The van der Waals surface area contributed by atoms with Crippen molar-refractivity contribution < 1.29 is 9.33 Å². The van der Waals surface area contributed by atoms with E-state index in [1.54, 1.807) is 0 Å². The fraction of sp³-hybridized carbons (Fsp3) is 0.417. The largest absolute Gasteiger partial charge is 0.259 e. The van der Waals surface area contributed by atoms with Crippen LogP contribution in [0.4, 0.5) is 0 Å². The molecule has 2 heterocycles. The van der Waals surface area contributed by atoms with Crippen molar-refractivity contribution in [2.75, 3.05) is 6.54 Å². The summed E-state index contributed by atoms with van der Waals surface area (Å²) in [6, 6.07) is 6.11. The third-order valence-electron chi connectivity index (χ3n) is 2.92. The second-order valence-electron chi connectivity index (χ2n) is 3.92. The summed E-state index contributed by atoms with van der Waals surface area (Å²) in [7, 11) is 0. The highest BCUT2D eigenvalue weighted by molar-refractivity contribution is 5.85. The molecular weight excluding hydrogens is 224 g/mol. The van der Waals surface area contributed by atoms with E-state index in [4.69, 9.17) is 0 Å². The molecule has 1 aromatic heterocycles. The van der Waals surface area contributed by atoms with Crippen molar-refractivity contribution in [2.45, 2.75) is 25.4 Å². The summed E-state index contributed by atoms with van der Waals surface area (Å²) in [6.07, 6.45) is 5.85. The van der Waals surface area contributed by atoms with E-state index in [1.165, 1.54) is 4.76 Å². The third kappa shape index (κ3) is 2.67. The van der Waals surface area contributed by atoms with Gasteiger partial charge in [0.05, 0.1) is 0 Å². The number of pyridine rings is 1. The number of aromatic nitrogens is 1. The zero-order valence-corrected chi connectivity index (χ0v) is 10.0. The Kier molecular flexibility index (Phi) is 4.62. The van der Waals surface area contributed by atoms with Gasteiger partial charge in [0.2, 0.25) is 12.2 Å². The molecule has 0 N–H and O–H groups in total. The van der Waals surface area contributed by atoms with Crippen LogP contribution in [0.5, 0.6) is 0 Å². The van der Waals surface area contributed by atoms with Crippen LogP contribution >= 0.6 is 12.4 Å². The number of nitrogens with zero attached hydrogens (tertiary/aromatic N) is 2. The number of rotatable bonds is 3. The number of hydrogen-bond donors (Lipinski definition) is 0. The molecule has 1 aliphatic rings. The average molecular weight is 241 g/mol. The van der Waals surface area contributed by atoms with E-state index < -0.39 is 0 Å². The second-order valence-corrected chi connectivity index (χ2v) is 3.92. The van der Waals surface area contributed by atoms with Crippen molar-refractivity contribution in [3.8, 4) is 0 Å². The van der Waals surface area contributed by atoms with Gasteiger partial charge in [-0.3, -0.25) is 0 Å². The Morgan fingerprint density at radius 2 is 2.31 bits per heavy atom. The highest BCUT2D eigenvalue weighted by Crippen LogP contribution is 2.11. The second kappa shape index (κ2) is 5.75. The fourth-order valence-electron chi connectivity index (χ4n) is 2.06. The quantitative estimate of drug-likeness (QED) is 0.742. The molecule has 0 radical (unpaired) electrons. The fourth-order valence-corrected chi connectivity index (χ4v) is 2.06. The first-order valence-corrected chi connectivity index (χ1v) is 5.36. The predicted molar refractivity (Wildman–Crippen MR) is 65.5 cm³/mol. The van der Waals surface area contributed by atoms with Crippen molar-refractivity contribution in [2.24, 2.45) is 0 Å². The Balaban J connectivity index is 0.00000128. The molecular formula is C12H17ClN2O+2. The van der Waals surface area contributed by atoms with Gasteiger partial charge in [-0.15, -0.1) is 12.4 Å². The summed E-state index contributed by atoms with van der Waals surface area (Å²) in [5, 5.41) is 0. The molecule has 2 rings (SSSR count). The topological polar surface area (TPSA) is 24.0 Å². The molecule has 0 spiro atoms. The van der Waals surface area contributed by atoms with Crippen LogP contribution in [-0.2, 0) is 6.54 Å². The number of halogens is 1. The molecule has 1 aliphatic heterocycles. The highest BCUT2D eigenvalue weighted by Gasteiger charge is 2.35. The normalized spacial score (nSPS) is 19.2. The number of hydrogen-bond acceptors (Lipinski definition) is 1. The molecule has 16 heavy (non-hydrogen) atoms. The minimum atomic E-state index is 0. The molecule has 1 saturated heterocycles. The molecule has 1 aromatic rings. The van der Waals surface area contributed by atoms with Crippen LogP contribution in [0.3, 0.4) is 0 Å². The van der Waals surface area contributed by atoms with Gasteiger partial charge in [0.1, 0.15) is 0 Å². The summed E-state index contributed by atoms with van der Waals surface area (Å²) in [4.78, 5) is 11.5. The van der Waals surface area contributed by atoms with E-state index in [0.717, 1.165) is 25.1 Å². The van der Waals surface area contributed by atoms with Crippen LogP contribution in [0.1, 0.15) is 18.5 Å². The van der Waals surface area contributed by atoms with Crippen LogP contribution in [0.25, 0.3) is 6.08 Å². The maximum atomic E-state index is 11.5. The van der Waals surface area contributed by atoms with E-state index >= 15 is 0 Å². The zero-order chi connectivity index (χ0) is 10.7. The summed E-state index contributed by atoms with van der Waals surface area (Å²) in [6.45, 7) is 5.22. The highest BCUT2D eigenvalue weighted by atomic mass is 35.5. The zero-order valence-electron chi connectivity index (χ0n) is 9.21. The van der Waals surface area contributed by atoms with Crippen molar-refractivity contribution in [1.29, 1.82) is 0 Å². The molecule has 0 aromatic carbocycles. The Morgan fingerprint density at radius 3 is 2.94 bits per heavy atom. The summed E-state index contributed by atoms with van der Waals surface area (Å²) in [5.41, 5.74) is 1.07. The Bertz CT molecular complexity index is 392. The van der Waals surface area contributed by atoms with Gasteiger partial charge < -0.3 is 0 Å². The molecule has 0 aliphatic carbocycles. The van der Waals surface area contributed by atoms with E-state index in [-0.39, 0.29) is 18.4 Å². The Hall–Kier alpha value is -1.22. The Labute approximate surface area is 102 Å². The lowest BCUT2D eigenvalue weighted by Crippen LogP contribution is -2.43. The van der Waals surface area contributed by atoms with Crippen molar-refractivity contribution in [3.63, 3.8) is 0 Å². The Morgan fingerprint density at radius 1 is 1.50 bits per heavy atom. The SMILES string of the molecule is C=Cc1cccc[n+]1CC1CCC[N+]1=O.Cl. The molecule has 0 bridgehead atoms. The van der Waals surface area contributed by atoms with E-state index in [0.29, 0.717) is 6.54 Å². The first kappa shape index (κ1) is 12.8. The number of nitroso groups, excluding NO2 is 1. The molecule has 1 fully saturated rings. The van der Waals surface area contributed by atoms with E-state index in [2.05, 4.69) is 11.1 Å². The summed E-state index contributed by atoms with van der Waals surface area (Å²) in [5.74, 6) is 0. The van der Waals surface area contributed by atoms with Crippen LogP contribution in [0.15, 0.2) is 31.0 Å². The molecule has 0 amide bonds. The minimum absolute atomic E-state index is 0. The van der Waals surface area contributed by atoms with Crippen molar-refractivity contribution in [1.82, 2.24) is 0 Å². The van der Waals surface area contributed by atoms with Gasteiger partial charge in [0.15, 0.2) is 12.7 Å². The average Bonchev–Trinajstić information content (AvgIpc) is 2.65. The maximum absolute atomic E-state index is 11.5. The van der Waals surface area contributed by atoms with Crippen LogP contribution < -0.4 is 4.57 Å². The monoisotopic (exact) mass is 240 g/mol.